The Morgan fingerprint density at radius 3 is 2.33 bits per heavy atom. The first-order chi connectivity index (χ1) is 20.8. The van der Waals surface area contributed by atoms with Crippen LogP contribution in [-0.4, -0.2) is 82.6 Å². The average Bonchev–Trinajstić information content (AvgIpc) is 3.44. The van der Waals surface area contributed by atoms with Crippen LogP contribution in [0.1, 0.15) is 46.7 Å². The van der Waals surface area contributed by atoms with Crippen molar-refractivity contribution in [1.29, 1.82) is 0 Å². The second-order valence-corrected chi connectivity index (χ2v) is 10.1. The van der Waals surface area contributed by atoms with Crippen molar-refractivity contribution in [2.75, 3.05) is 63.1 Å². The minimum atomic E-state index is -0.661. The number of likely N-dealkylation sites (N-methyl/N-ethyl adjacent to an activating group) is 1. The van der Waals surface area contributed by atoms with Crippen LogP contribution in [-0.2, 0) is 0 Å². The number of nitrogens with zero attached hydrogens (tertiary/aromatic N) is 6. The zero-order valence-corrected chi connectivity index (χ0v) is 26.5. The molecule has 11 heteroatoms. The molecule has 1 aliphatic rings. The van der Waals surface area contributed by atoms with E-state index in [-0.39, 0.29) is 22.5 Å². The Labute approximate surface area is 254 Å². The standard InChI is InChI=1S/C24H25F2N7O.C6H15N.C2H6/c1-3-32-6-8-33(9-7-32)16-4-5-20(27-13-16)31-21-12-22(29-14-28-21)34-19-11-18(25)24-17(23(19)26)10-15(2)30-24;1-4-6-7(3)5-2;1-2/h4-5,10-14,30H,3,6-9H2,1-2H3,(H,27,28,29,31);4-6H2,1-3H3;1-2H3. The Bertz CT molecular complexity index is 1400. The molecule has 3 aromatic heterocycles. The molecule has 0 aliphatic carbocycles. The number of piperazine rings is 1. The fourth-order valence-electron chi connectivity index (χ4n) is 4.63. The highest BCUT2D eigenvalue weighted by Crippen LogP contribution is 2.32. The number of ether oxygens (including phenoxy) is 1. The molecular formula is C32H46F2N8O. The average molecular weight is 597 g/mol. The van der Waals surface area contributed by atoms with Crippen LogP contribution >= 0.6 is 0 Å². The molecule has 1 fully saturated rings. The van der Waals surface area contributed by atoms with Gasteiger partial charge in [-0.25, -0.2) is 23.7 Å². The minimum absolute atomic E-state index is 0.0767. The van der Waals surface area contributed by atoms with Crippen molar-refractivity contribution in [3.63, 3.8) is 0 Å². The number of aromatic nitrogens is 4. The van der Waals surface area contributed by atoms with E-state index < -0.39 is 11.6 Å². The van der Waals surface area contributed by atoms with E-state index in [1.54, 1.807) is 6.92 Å². The number of benzene rings is 1. The van der Waals surface area contributed by atoms with Crippen molar-refractivity contribution in [2.45, 2.75) is 48.0 Å². The van der Waals surface area contributed by atoms with Gasteiger partial charge in [0.15, 0.2) is 17.4 Å². The van der Waals surface area contributed by atoms with Gasteiger partial charge in [0, 0.05) is 49.4 Å². The van der Waals surface area contributed by atoms with Gasteiger partial charge in [0.2, 0.25) is 5.88 Å². The maximum atomic E-state index is 14.8. The summed E-state index contributed by atoms with van der Waals surface area (Å²) in [7, 11) is 2.14. The molecule has 0 atom stereocenters. The molecule has 2 N–H and O–H groups in total. The number of rotatable bonds is 9. The molecule has 234 valence electrons. The molecular weight excluding hydrogens is 550 g/mol. The van der Waals surface area contributed by atoms with Crippen LogP contribution in [0.25, 0.3) is 10.9 Å². The SMILES string of the molecule is CC.CCCN(C)CC.CCN1CCN(c2ccc(Nc3cc(Oc4cc(F)c5[nH]c(C)cc5c4F)ncn3)nc2)CC1. The predicted molar refractivity (Wildman–Crippen MR) is 172 cm³/mol. The highest BCUT2D eigenvalue weighted by molar-refractivity contribution is 5.83. The summed E-state index contributed by atoms with van der Waals surface area (Å²) in [6.07, 6.45) is 4.38. The van der Waals surface area contributed by atoms with Crippen LogP contribution in [0.5, 0.6) is 11.6 Å². The number of halogens is 2. The predicted octanol–water partition coefficient (Wildman–Crippen LogP) is 6.99. The molecule has 0 radical (unpaired) electrons. The van der Waals surface area contributed by atoms with Crippen LogP contribution in [0.3, 0.4) is 0 Å². The maximum absolute atomic E-state index is 14.8. The van der Waals surface area contributed by atoms with Crippen LogP contribution in [0.15, 0.2) is 42.9 Å². The number of fused-ring (bicyclic) bond motifs is 1. The molecule has 1 saturated heterocycles. The van der Waals surface area contributed by atoms with E-state index in [1.165, 1.54) is 38.0 Å². The number of nitrogens with one attached hydrogen (secondary N) is 2. The lowest BCUT2D eigenvalue weighted by Crippen LogP contribution is -2.46. The molecule has 1 aromatic carbocycles. The maximum Gasteiger partial charge on any atom is 0.224 e. The molecule has 1 aliphatic heterocycles. The van der Waals surface area contributed by atoms with Gasteiger partial charge in [-0.15, -0.1) is 0 Å². The lowest BCUT2D eigenvalue weighted by atomic mass is 10.2. The second-order valence-electron chi connectivity index (χ2n) is 10.1. The Balaban J connectivity index is 0.000000496. The Kier molecular flexibility index (Phi) is 13.1. The molecule has 5 rings (SSSR count). The van der Waals surface area contributed by atoms with Gasteiger partial charge in [-0.05, 0) is 58.2 Å². The van der Waals surface area contributed by atoms with Crippen molar-refractivity contribution in [1.82, 2.24) is 29.7 Å². The van der Waals surface area contributed by atoms with Crippen LogP contribution < -0.4 is 15.0 Å². The number of aromatic amines is 1. The topological polar surface area (TPSA) is 85.4 Å². The Morgan fingerprint density at radius 2 is 1.72 bits per heavy atom. The number of H-pyrrole nitrogens is 1. The molecule has 4 aromatic rings. The van der Waals surface area contributed by atoms with Gasteiger partial charge in [0.25, 0.3) is 0 Å². The summed E-state index contributed by atoms with van der Waals surface area (Å²) < 4.78 is 34.8. The molecule has 0 spiro atoms. The van der Waals surface area contributed by atoms with Gasteiger partial charge < -0.3 is 29.7 Å². The van der Waals surface area contributed by atoms with Crippen molar-refractivity contribution in [2.24, 2.45) is 0 Å². The normalized spacial score (nSPS) is 13.3. The van der Waals surface area contributed by atoms with Crippen LogP contribution in [0.2, 0.25) is 0 Å². The first-order valence-corrected chi connectivity index (χ1v) is 15.2. The summed E-state index contributed by atoms with van der Waals surface area (Å²) in [6, 6.07) is 7.93. The summed E-state index contributed by atoms with van der Waals surface area (Å²) in [5.41, 5.74) is 1.83. The van der Waals surface area contributed by atoms with E-state index in [1.807, 2.05) is 32.2 Å². The van der Waals surface area contributed by atoms with E-state index in [0.29, 0.717) is 17.3 Å². The highest BCUT2D eigenvalue weighted by Gasteiger charge is 2.18. The lowest BCUT2D eigenvalue weighted by molar-refractivity contribution is 0.271. The van der Waals surface area contributed by atoms with E-state index in [9.17, 15) is 8.78 Å². The van der Waals surface area contributed by atoms with E-state index in [4.69, 9.17) is 4.74 Å². The van der Waals surface area contributed by atoms with Crippen molar-refractivity contribution in [3.05, 3.63) is 60.2 Å². The number of pyridine rings is 1. The van der Waals surface area contributed by atoms with Crippen molar-refractivity contribution >= 4 is 28.2 Å². The van der Waals surface area contributed by atoms with Gasteiger partial charge in [-0.2, -0.15) is 0 Å². The Hall–Kier alpha value is -3.83. The molecule has 0 amide bonds. The van der Waals surface area contributed by atoms with Crippen LogP contribution in [0.4, 0.5) is 26.1 Å². The zero-order valence-electron chi connectivity index (χ0n) is 26.5. The third-order valence-corrected chi connectivity index (χ3v) is 7.09. The highest BCUT2D eigenvalue weighted by atomic mass is 19.1. The van der Waals surface area contributed by atoms with E-state index in [0.717, 1.165) is 44.5 Å². The minimum Gasteiger partial charge on any atom is -0.436 e. The largest absolute Gasteiger partial charge is 0.436 e. The Morgan fingerprint density at radius 1 is 0.977 bits per heavy atom. The van der Waals surface area contributed by atoms with Crippen molar-refractivity contribution < 1.29 is 13.5 Å². The molecule has 4 heterocycles. The van der Waals surface area contributed by atoms with Gasteiger partial charge in [0.05, 0.1) is 17.4 Å². The van der Waals surface area contributed by atoms with Gasteiger partial charge >= 0.3 is 0 Å². The molecule has 9 nitrogen and oxygen atoms in total. The summed E-state index contributed by atoms with van der Waals surface area (Å²) in [6.45, 7) is 19.8. The van der Waals surface area contributed by atoms with Crippen molar-refractivity contribution in [3.8, 4) is 11.6 Å². The lowest BCUT2D eigenvalue weighted by Gasteiger charge is -2.35. The summed E-state index contributed by atoms with van der Waals surface area (Å²) in [5, 5.41) is 3.22. The third kappa shape index (κ3) is 9.33. The molecule has 43 heavy (non-hydrogen) atoms. The number of hydrogen-bond donors (Lipinski definition) is 2. The first kappa shape index (κ1) is 33.7. The number of aryl methyl sites for hydroxylation is 1. The van der Waals surface area contributed by atoms with E-state index in [2.05, 4.69) is 67.8 Å². The molecule has 0 unspecified atom stereocenters. The summed E-state index contributed by atoms with van der Waals surface area (Å²) in [4.78, 5) is 22.5. The zero-order chi connectivity index (χ0) is 31.4. The summed E-state index contributed by atoms with van der Waals surface area (Å²) in [5.74, 6) is -0.423. The van der Waals surface area contributed by atoms with Gasteiger partial charge in [0.1, 0.15) is 18.0 Å². The van der Waals surface area contributed by atoms with E-state index >= 15 is 0 Å². The van der Waals surface area contributed by atoms with Gasteiger partial charge in [-0.3, -0.25) is 0 Å². The first-order valence-electron chi connectivity index (χ1n) is 15.2. The summed E-state index contributed by atoms with van der Waals surface area (Å²) >= 11 is 0. The fourth-order valence-corrected chi connectivity index (χ4v) is 4.63. The number of hydrogen-bond acceptors (Lipinski definition) is 8. The quantitative estimate of drug-likeness (QED) is 0.214. The smallest absolute Gasteiger partial charge is 0.224 e. The van der Waals surface area contributed by atoms with Crippen LogP contribution in [0, 0.1) is 18.6 Å². The molecule has 0 bridgehead atoms. The number of anilines is 3. The second kappa shape index (κ2) is 16.7. The third-order valence-electron chi connectivity index (χ3n) is 7.09. The van der Waals surface area contributed by atoms with Gasteiger partial charge in [-0.1, -0.05) is 34.6 Å². The molecule has 0 saturated carbocycles. The fraction of sp³-hybridized carbons (Fsp3) is 0.469. The monoisotopic (exact) mass is 596 g/mol.